The zero-order valence-electron chi connectivity index (χ0n) is 9.24. The Labute approximate surface area is 97.2 Å². The van der Waals surface area contributed by atoms with Crippen LogP contribution in [0.25, 0.3) is 0 Å². The van der Waals surface area contributed by atoms with Crippen molar-refractivity contribution in [1.29, 1.82) is 0 Å². The molecule has 90 valence electrons. The molecule has 0 amide bonds. The molecular weight excluding hydrogens is 229 g/mol. The minimum absolute atomic E-state index is 0.214. The van der Waals surface area contributed by atoms with Crippen molar-refractivity contribution in [2.75, 3.05) is 24.7 Å². The van der Waals surface area contributed by atoms with Crippen LogP contribution >= 0.6 is 0 Å². The van der Waals surface area contributed by atoms with Crippen LogP contribution in [-0.4, -0.2) is 23.2 Å². The third-order valence-electron chi connectivity index (χ3n) is 2.02. The summed E-state index contributed by atoms with van der Waals surface area (Å²) in [6, 6.07) is 4.22. The molecule has 1 atom stereocenters. The molecule has 1 unspecified atom stereocenters. The number of anilines is 1. The topological polar surface area (TPSA) is 52.3 Å². The number of ether oxygens (including phenoxy) is 1. The van der Waals surface area contributed by atoms with E-state index in [9.17, 15) is 8.60 Å². The number of nitrogens with two attached hydrogens (primary N) is 1. The Morgan fingerprint density at radius 2 is 2.25 bits per heavy atom. The van der Waals surface area contributed by atoms with Gasteiger partial charge in [0.2, 0.25) is 0 Å². The van der Waals surface area contributed by atoms with E-state index >= 15 is 0 Å². The van der Waals surface area contributed by atoms with Gasteiger partial charge in [0.1, 0.15) is 5.82 Å². The summed E-state index contributed by atoms with van der Waals surface area (Å²) in [7, 11) is -1.32. The standard InChI is InChI=1S/C11H16FNO2S/c1-2-15-6-3-7-16(14)11-5-4-9(13)8-10(11)12/h4-5,8H,2-3,6-7,13H2,1H3. The monoisotopic (exact) mass is 245 g/mol. The Balaban J connectivity index is 2.53. The first-order valence-corrected chi connectivity index (χ1v) is 6.48. The predicted molar refractivity (Wildman–Crippen MR) is 63.2 cm³/mol. The Morgan fingerprint density at radius 3 is 2.88 bits per heavy atom. The average molecular weight is 245 g/mol. The lowest BCUT2D eigenvalue weighted by atomic mass is 10.3. The first kappa shape index (κ1) is 13.1. The summed E-state index contributed by atoms with van der Waals surface area (Å²) in [4.78, 5) is 0.214. The molecule has 1 aromatic carbocycles. The fourth-order valence-electron chi connectivity index (χ4n) is 1.25. The van der Waals surface area contributed by atoms with Gasteiger partial charge in [0.25, 0.3) is 0 Å². The fraction of sp³-hybridized carbons (Fsp3) is 0.455. The smallest absolute Gasteiger partial charge is 0.141 e. The number of benzene rings is 1. The van der Waals surface area contributed by atoms with Gasteiger partial charge in [0.05, 0.1) is 15.7 Å². The maximum Gasteiger partial charge on any atom is 0.141 e. The predicted octanol–water partition coefficient (Wildman–Crippen LogP) is 1.94. The van der Waals surface area contributed by atoms with E-state index in [1.165, 1.54) is 12.1 Å². The van der Waals surface area contributed by atoms with Crippen LogP contribution in [0.5, 0.6) is 0 Å². The van der Waals surface area contributed by atoms with Crippen molar-refractivity contribution in [3.8, 4) is 0 Å². The van der Waals surface area contributed by atoms with Crippen LogP contribution in [0.15, 0.2) is 23.1 Å². The van der Waals surface area contributed by atoms with Crippen LogP contribution in [0.1, 0.15) is 13.3 Å². The van der Waals surface area contributed by atoms with Crippen LogP contribution in [0.2, 0.25) is 0 Å². The molecule has 0 aliphatic heterocycles. The van der Waals surface area contributed by atoms with E-state index in [1.54, 1.807) is 6.07 Å². The van der Waals surface area contributed by atoms with E-state index in [-0.39, 0.29) is 4.90 Å². The molecule has 5 heteroatoms. The average Bonchev–Trinajstić information content (AvgIpc) is 2.24. The Bertz CT molecular complexity index is 371. The largest absolute Gasteiger partial charge is 0.399 e. The van der Waals surface area contributed by atoms with Crippen molar-refractivity contribution in [3.05, 3.63) is 24.0 Å². The number of rotatable bonds is 6. The minimum atomic E-state index is -1.32. The molecule has 0 radical (unpaired) electrons. The molecule has 1 aromatic rings. The summed E-state index contributed by atoms with van der Waals surface area (Å²) < 4.78 is 30.2. The number of nitrogen functional groups attached to an aromatic ring is 1. The summed E-state index contributed by atoms with van der Waals surface area (Å²) in [6.45, 7) is 3.10. The highest BCUT2D eigenvalue weighted by Crippen LogP contribution is 2.16. The molecular formula is C11H16FNO2S. The lowest BCUT2D eigenvalue weighted by molar-refractivity contribution is 0.149. The zero-order chi connectivity index (χ0) is 12.0. The van der Waals surface area contributed by atoms with Gasteiger partial charge in [-0.3, -0.25) is 4.21 Å². The first-order chi connectivity index (χ1) is 7.65. The molecule has 0 spiro atoms. The number of halogens is 1. The molecule has 3 nitrogen and oxygen atoms in total. The third-order valence-corrected chi connectivity index (χ3v) is 3.50. The molecule has 0 bridgehead atoms. The van der Waals surface area contributed by atoms with E-state index in [4.69, 9.17) is 10.5 Å². The lowest BCUT2D eigenvalue weighted by Gasteiger charge is -2.04. The van der Waals surface area contributed by atoms with Gasteiger partial charge in [0, 0.05) is 24.7 Å². The summed E-state index contributed by atoms with van der Waals surface area (Å²) in [6.07, 6.45) is 0.657. The van der Waals surface area contributed by atoms with Gasteiger partial charge in [-0.05, 0) is 31.5 Å². The van der Waals surface area contributed by atoms with Gasteiger partial charge in [-0.1, -0.05) is 0 Å². The highest BCUT2D eigenvalue weighted by Gasteiger charge is 2.09. The van der Waals surface area contributed by atoms with Crippen molar-refractivity contribution < 1.29 is 13.3 Å². The molecule has 0 saturated carbocycles. The molecule has 2 N–H and O–H groups in total. The Kier molecular flexibility index (Phi) is 5.42. The van der Waals surface area contributed by atoms with Gasteiger partial charge in [-0.2, -0.15) is 0 Å². The maximum absolute atomic E-state index is 13.4. The molecule has 0 aromatic heterocycles. The molecule has 0 fully saturated rings. The van der Waals surface area contributed by atoms with Crippen molar-refractivity contribution in [3.63, 3.8) is 0 Å². The number of hydrogen-bond donors (Lipinski definition) is 1. The van der Waals surface area contributed by atoms with E-state index in [0.29, 0.717) is 31.1 Å². The van der Waals surface area contributed by atoms with Crippen LogP contribution in [0, 0.1) is 5.82 Å². The Hall–Kier alpha value is -0.940. The SMILES string of the molecule is CCOCCCS(=O)c1ccc(N)cc1F. The van der Waals surface area contributed by atoms with Crippen LogP contribution in [0.4, 0.5) is 10.1 Å². The highest BCUT2D eigenvalue weighted by molar-refractivity contribution is 7.85. The highest BCUT2D eigenvalue weighted by atomic mass is 32.2. The number of hydrogen-bond acceptors (Lipinski definition) is 3. The second-order valence-electron chi connectivity index (χ2n) is 3.29. The second-order valence-corrected chi connectivity index (χ2v) is 4.83. The molecule has 0 saturated heterocycles. The summed E-state index contributed by atoms with van der Waals surface area (Å²) in [5.41, 5.74) is 5.75. The van der Waals surface area contributed by atoms with Crippen molar-refractivity contribution in [1.82, 2.24) is 0 Å². The van der Waals surface area contributed by atoms with Crippen LogP contribution in [0.3, 0.4) is 0 Å². The summed E-state index contributed by atoms with van der Waals surface area (Å²) >= 11 is 0. The van der Waals surface area contributed by atoms with Gasteiger partial charge < -0.3 is 10.5 Å². The molecule has 16 heavy (non-hydrogen) atoms. The van der Waals surface area contributed by atoms with Gasteiger partial charge in [-0.15, -0.1) is 0 Å². The van der Waals surface area contributed by atoms with E-state index in [2.05, 4.69) is 0 Å². The fourth-order valence-corrected chi connectivity index (χ4v) is 2.34. The zero-order valence-corrected chi connectivity index (χ0v) is 10.1. The van der Waals surface area contributed by atoms with Crippen molar-refractivity contribution >= 4 is 16.5 Å². The summed E-state index contributed by atoms with van der Waals surface area (Å²) in [5, 5.41) is 0. The van der Waals surface area contributed by atoms with E-state index in [1.807, 2.05) is 6.92 Å². The summed E-state index contributed by atoms with van der Waals surface area (Å²) in [5.74, 6) is -0.101. The molecule has 0 aliphatic carbocycles. The first-order valence-electron chi connectivity index (χ1n) is 5.16. The lowest BCUT2D eigenvalue weighted by Crippen LogP contribution is -2.05. The normalized spacial score (nSPS) is 12.6. The van der Waals surface area contributed by atoms with Gasteiger partial charge in [-0.25, -0.2) is 4.39 Å². The van der Waals surface area contributed by atoms with Crippen molar-refractivity contribution in [2.24, 2.45) is 0 Å². The van der Waals surface area contributed by atoms with Gasteiger partial charge >= 0.3 is 0 Å². The van der Waals surface area contributed by atoms with Gasteiger partial charge in [0.15, 0.2) is 0 Å². The quantitative estimate of drug-likeness (QED) is 0.615. The molecule has 0 aliphatic rings. The molecule has 0 heterocycles. The van der Waals surface area contributed by atoms with Crippen molar-refractivity contribution in [2.45, 2.75) is 18.2 Å². The van der Waals surface area contributed by atoms with Crippen LogP contribution < -0.4 is 5.73 Å². The van der Waals surface area contributed by atoms with E-state index < -0.39 is 16.6 Å². The molecule has 1 rings (SSSR count). The maximum atomic E-state index is 13.4. The minimum Gasteiger partial charge on any atom is -0.399 e. The Morgan fingerprint density at radius 1 is 1.50 bits per heavy atom. The second kappa shape index (κ2) is 6.60. The van der Waals surface area contributed by atoms with Crippen LogP contribution in [-0.2, 0) is 15.5 Å². The van der Waals surface area contributed by atoms with E-state index in [0.717, 1.165) is 0 Å². The third kappa shape index (κ3) is 3.90.